The highest BCUT2D eigenvalue weighted by atomic mass is 16.6. The van der Waals surface area contributed by atoms with Crippen LogP contribution in [0.25, 0.3) is 0 Å². The number of phenols is 3. The lowest BCUT2D eigenvalue weighted by Gasteiger charge is -2.20. The van der Waals surface area contributed by atoms with Crippen LogP contribution in [0.2, 0.25) is 0 Å². The van der Waals surface area contributed by atoms with E-state index in [4.69, 9.17) is 9.47 Å². The maximum atomic E-state index is 12.6. The smallest absolute Gasteiger partial charge is 0.284 e. The number of benzene rings is 2. The van der Waals surface area contributed by atoms with Crippen LogP contribution >= 0.6 is 0 Å². The van der Waals surface area contributed by atoms with E-state index in [-0.39, 0.29) is 39.9 Å². The lowest BCUT2D eigenvalue weighted by Crippen LogP contribution is -2.41. The molecule has 4 rings (SSSR count). The van der Waals surface area contributed by atoms with Crippen LogP contribution in [-0.4, -0.2) is 39.1 Å². The summed E-state index contributed by atoms with van der Waals surface area (Å²) in [5, 5.41) is 40.3. The second-order valence-corrected chi connectivity index (χ2v) is 5.55. The van der Waals surface area contributed by atoms with E-state index in [1.807, 2.05) is 0 Å². The largest absolute Gasteiger partial charge is 0.508 e. The minimum atomic E-state index is -2.23. The molecule has 1 heterocycles. The standard InChI is InChI=1S/C16H12O7/c1-22-11-5-8-7(4-9(11)18)14-13-10(19)2-6(17)3-12(13)23-16(14,21)15(8)20/h2-5,14,17-19,21H,1H3/t14-,16+/m1/s1. The second-order valence-electron chi connectivity index (χ2n) is 5.55. The van der Waals surface area contributed by atoms with E-state index in [0.29, 0.717) is 5.56 Å². The van der Waals surface area contributed by atoms with Gasteiger partial charge in [0, 0.05) is 17.7 Å². The molecule has 1 aliphatic carbocycles. The number of phenolic OH excluding ortho intramolecular Hbond substituents is 3. The molecule has 0 saturated carbocycles. The number of ketones is 1. The summed E-state index contributed by atoms with van der Waals surface area (Å²) in [6, 6.07) is 4.94. The SMILES string of the molecule is COc1cc2c(cc1O)[C@@H]1c3c(O)cc(O)cc3O[C@]1(O)C2=O. The summed E-state index contributed by atoms with van der Waals surface area (Å²) >= 11 is 0. The first-order chi connectivity index (χ1) is 10.9. The van der Waals surface area contributed by atoms with Crippen molar-refractivity contribution in [3.05, 3.63) is 41.0 Å². The van der Waals surface area contributed by atoms with Gasteiger partial charge in [0.1, 0.15) is 17.2 Å². The Hall–Kier alpha value is -2.93. The average Bonchev–Trinajstić information content (AvgIpc) is 2.88. The molecule has 0 spiro atoms. The molecule has 0 amide bonds. The summed E-state index contributed by atoms with van der Waals surface area (Å²) in [6.07, 6.45) is 0. The van der Waals surface area contributed by atoms with E-state index in [1.165, 1.54) is 25.3 Å². The molecule has 2 aromatic rings. The fourth-order valence-electron chi connectivity index (χ4n) is 3.31. The van der Waals surface area contributed by atoms with E-state index in [2.05, 4.69) is 0 Å². The van der Waals surface area contributed by atoms with Crippen molar-refractivity contribution < 1.29 is 34.7 Å². The van der Waals surface area contributed by atoms with Crippen molar-refractivity contribution in [3.63, 3.8) is 0 Å². The van der Waals surface area contributed by atoms with Gasteiger partial charge in [-0.1, -0.05) is 0 Å². The molecular formula is C16H12O7. The number of rotatable bonds is 1. The normalized spacial score (nSPS) is 23.9. The van der Waals surface area contributed by atoms with Crippen LogP contribution in [0.5, 0.6) is 28.7 Å². The lowest BCUT2D eigenvalue weighted by atomic mass is 9.90. The van der Waals surface area contributed by atoms with Crippen LogP contribution in [-0.2, 0) is 0 Å². The fraction of sp³-hybridized carbons (Fsp3) is 0.188. The maximum Gasteiger partial charge on any atom is 0.284 e. The van der Waals surface area contributed by atoms with Crippen LogP contribution in [0, 0.1) is 0 Å². The van der Waals surface area contributed by atoms with Gasteiger partial charge < -0.3 is 29.9 Å². The van der Waals surface area contributed by atoms with E-state index in [0.717, 1.165) is 6.07 Å². The van der Waals surface area contributed by atoms with Gasteiger partial charge in [0.2, 0.25) is 5.78 Å². The van der Waals surface area contributed by atoms with E-state index < -0.39 is 17.5 Å². The third-order valence-electron chi connectivity index (χ3n) is 4.28. The van der Waals surface area contributed by atoms with Crippen molar-refractivity contribution in [1.29, 1.82) is 0 Å². The van der Waals surface area contributed by atoms with Crippen molar-refractivity contribution in [2.75, 3.05) is 7.11 Å². The van der Waals surface area contributed by atoms with Gasteiger partial charge in [-0.05, 0) is 17.7 Å². The van der Waals surface area contributed by atoms with E-state index in [9.17, 15) is 25.2 Å². The Kier molecular flexibility index (Phi) is 2.43. The first-order valence-corrected chi connectivity index (χ1v) is 6.79. The lowest BCUT2D eigenvalue weighted by molar-refractivity contribution is -0.0897. The predicted octanol–water partition coefficient (Wildman–Crippen LogP) is 1.22. The van der Waals surface area contributed by atoms with Crippen molar-refractivity contribution in [2.24, 2.45) is 0 Å². The first kappa shape index (κ1) is 13.7. The van der Waals surface area contributed by atoms with Crippen LogP contribution < -0.4 is 9.47 Å². The highest BCUT2D eigenvalue weighted by Gasteiger charge is 2.61. The molecule has 4 N–H and O–H groups in total. The summed E-state index contributed by atoms with van der Waals surface area (Å²) in [7, 11) is 1.34. The summed E-state index contributed by atoms with van der Waals surface area (Å²) in [4.78, 5) is 12.6. The number of hydrogen-bond acceptors (Lipinski definition) is 7. The molecule has 118 valence electrons. The van der Waals surface area contributed by atoms with Gasteiger partial charge in [-0.25, -0.2) is 0 Å². The quantitative estimate of drug-likeness (QED) is 0.625. The molecule has 0 radical (unpaired) electrons. The molecule has 1 aliphatic heterocycles. The Morgan fingerprint density at radius 1 is 1.13 bits per heavy atom. The third-order valence-corrected chi connectivity index (χ3v) is 4.28. The minimum Gasteiger partial charge on any atom is -0.508 e. The first-order valence-electron chi connectivity index (χ1n) is 6.79. The van der Waals surface area contributed by atoms with Gasteiger partial charge in [0.05, 0.1) is 18.6 Å². The molecule has 23 heavy (non-hydrogen) atoms. The molecule has 0 unspecified atom stereocenters. The third kappa shape index (κ3) is 1.54. The Labute approximate surface area is 130 Å². The molecule has 0 fully saturated rings. The number of carbonyl (C=O) groups is 1. The Balaban J connectivity index is 2.01. The van der Waals surface area contributed by atoms with Crippen molar-refractivity contribution in [3.8, 4) is 28.7 Å². The number of aliphatic hydroxyl groups is 1. The number of hydrogen-bond donors (Lipinski definition) is 4. The second kappa shape index (κ2) is 4.08. The Bertz CT molecular complexity index is 873. The number of carbonyl (C=O) groups excluding carboxylic acids is 1. The number of fused-ring (bicyclic) bond motifs is 5. The van der Waals surface area contributed by atoms with Crippen LogP contribution in [0.3, 0.4) is 0 Å². The van der Waals surface area contributed by atoms with Crippen molar-refractivity contribution >= 4 is 5.78 Å². The van der Waals surface area contributed by atoms with Crippen LogP contribution in [0.4, 0.5) is 0 Å². The molecule has 7 nitrogen and oxygen atoms in total. The van der Waals surface area contributed by atoms with Crippen LogP contribution in [0.15, 0.2) is 24.3 Å². The van der Waals surface area contributed by atoms with Crippen molar-refractivity contribution in [1.82, 2.24) is 0 Å². The molecule has 2 aromatic carbocycles. The maximum absolute atomic E-state index is 12.6. The van der Waals surface area contributed by atoms with E-state index >= 15 is 0 Å². The van der Waals surface area contributed by atoms with Gasteiger partial charge in [-0.3, -0.25) is 4.79 Å². The van der Waals surface area contributed by atoms with Gasteiger partial charge in [-0.2, -0.15) is 0 Å². The highest BCUT2D eigenvalue weighted by molar-refractivity contribution is 6.09. The average molecular weight is 316 g/mol. The van der Waals surface area contributed by atoms with Gasteiger partial charge in [0.15, 0.2) is 11.5 Å². The molecular weight excluding hydrogens is 304 g/mol. The summed E-state index contributed by atoms with van der Waals surface area (Å²) in [5.41, 5.74) is 0.641. The van der Waals surface area contributed by atoms with Crippen molar-refractivity contribution in [2.45, 2.75) is 11.7 Å². The zero-order chi connectivity index (χ0) is 16.5. The zero-order valence-electron chi connectivity index (χ0n) is 11.9. The monoisotopic (exact) mass is 316 g/mol. The zero-order valence-corrected chi connectivity index (χ0v) is 11.9. The Morgan fingerprint density at radius 3 is 2.57 bits per heavy atom. The predicted molar refractivity (Wildman–Crippen MR) is 76.2 cm³/mol. The molecule has 0 aromatic heterocycles. The van der Waals surface area contributed by atoms with Gasteiger partial charge in [0.25, 0.3) is 5.79 Å². The number of Topliss-reactive ketones (excluding diaryl/α,β-unsaturated/α-hetero) is 1. The highest BCUT2D eigenvalue weighted by Crippen LogP contribution is 2.58. The van der Waals surface area contributed by atoms with Crippen LogP contribution in [0.1, 0.15) is 27.4 Å². The minimum absolute atomic E-state index is 0.0179. The molecule has 0 saturated heterocycles. The van der Waals surface area contributed by atoms with E-state index in [1.54, 1.807) is 0 Å². The molecule has 7 heteroatoms. The molecule has 2 atom stereocenters. The van der Waals surface area contributed by atoms with Gasteiger partial charge >= 0.3 is 0 Å². The number of ether oxygens (including phenoxy) is 2. The van der Waals surface area contributed by atoms with Gasteiger partial charge in [-0.15, -0.1) is 0 Å². The molecule has 2 aliphatic rings. The fourth-order valence-corrected chi connectivity index (χ4v) is 3.31. The number of aromatic hydroxyl groups is 3. The summed E-state index contributed by atoms with van der Waals surface area (Å²) in [6.45, 7) is 0. The number of methoxy groups -OCH3 is 1. The topological polar surface area (TPSA) is 116 Å². The summed E-state index contributed by atoms with van der Waals surface area (Å²) in [5.74, 6) is -4.58. The molecule has 0 bridgehead atoms. The summed E-state index contributed by atoms with van der Waals surface area (Å²) < 4.78 is 10.3. The Morgan fingerprint density at radius 2 is 1.87 bits per heavy atom.